The summed E-state index contributed by atoms with van der Waals surface area (Å²) in [4.78, 5) is 27.4. The van der Waals surface area contributed by atoms with Gasteiger partial charge in [0.05, 0.1) is 17.4 Å². The minimum Gasteiger partial charge on any atom is -0.454 e. The van der Waals surface area contributed by atoms with Gasteiger partial charge >= 0.3 is 5.97 Å². The molecule has 0 aromatic heterocycles. The number of hydrogen-bond donors (Lipinski definition) is 0. The summed E-state index contributed by atoms with van der Waals surface area (Å²) in [7, 11) is -3.87. The third-order valence-corrected chi connectivity index (χ3v) is 7.60. The average Bonchev–Trinajstić information content (AvgIpc) is 2.82. The van der Waals surface area contributed by atoms with E-state index < -0.39 is 34.5 Å². The second-order valence-electron chi connectivity index (χ2n) is 8.35. The molecule has 0 N–H and O–H groups in total. The molecule has 0 aliphatic carbocycles. The number of nitriles is 1. The van der Waals surface area contributed by atoms with E-state index in [4.69, 9.17) is 10.00 Å². The lowest BCUT2D eigenvalue weighted by Crippen LogP contribution is -2.49. The van der Waals surface area contributed by atoms with E-state index in [9.17, 15) is 18.0 Å². The fraction of sp³-hybridized carbons (Fsp3) is 0.400. The average molecular weight is 484 g/mol. The first kappa shape index (κ1) is 25.4. The Labute approximate surface area is 200 Å². The van der Waals surface area contributed by atoms with E-state index >= 15 is 0 Å². The maximum Gasteiger partial charge on any atom is 0.324 e. The van der Waals surface area contributed by atoms with E-state index in [2.05, 4.69) is 0 Å². The van der Waals surface area contributed by atoms with Gasteiger partial charge in [0.2, 0.25) is 10.0 Å². The number of carbonyl (C=O) groups is 2. The van der Waals surface area contributed by atoms with Crippen LogP contribution in [0, 0.1) is 25.2 Å². The Bertz CT molecular complexity index is 1150. The third kappa shape index (κ3) is 6.01. The van der Waals surface area contributed by atoms with Gasteiger partial charge in [-0.1, -0.05) is 24.3 Å². The maximum absolute atomic E-state index is 13.1. The molecule has 2 aromatic carbocycles. The summed E-state index contributed by atoms with van der Waals surface area (Å²) < 4.78 is 32.8. The van der Waals surface area contributed by atoms with Crippen LogP contribution in [0.5, 0.6) is 0 Å². The van der Waals surface area contributed by atoms with Crippen molar-refractivity contribution in [2.75, 3.05) is 24.6 Å². The van der Waals surface area contributed by atoms with Gasteiger partial charge in [-0.15, -0.1) is 0 Å². The van der Waals surface area contributed by atoms with Gasteiger partial charge in [0, 0.05) is 18.8 Å². The second-order valence-corrected chi connectivity index (χ2v) is 10.2. The molecule has 1 unspecified atom stereocenters. The quantitative estimate of drug-likeness (QED) is 0.533. The van der Waals surface area contributed by atoms with Crippen molar-refractivity contribution in [3.8, 4) is 6.07 Å². The number of ether oxygens (including phenoxy) is 1. The summed E-state index contributed by atoms with van der Waals surface area (Å²) in [5.74, 6) is -1.21. The maximum atomic E-state index is 13.1. The van der Waals surface area contributed by atoms with Crippen molar-refractivity contribution >= 4 is 27.6 Å². The SMILES string of the molecule is Cc1cc(C)cc(N(CCC#N)C(=O)COC(=O)C2CCCCN2S(=O)(=O)c2ccccc2)c1. The number of piperidine rings is 1. The Kier molecular flexibility index (Phi) is 8.42. The Morgan fingerprint density at radius 3 is 2.44 bits per heavy atom. The van der Waals surface area contributed by atoms with Crippen molar-refractivity contribution in [2.24, 2.45) is 0 Å². The molecule has 34 heavy (non-hydrogen) atoms. The van der Waals surface area contributed by atoms with Crippen molar-refractivity contribution < 1.29 is 22.7 Å². The van der Waals surface area contributed by atoms with Crippen molar-refractivity contribution in [2.45, 2.75) is 50.5 Å². The van der Waals surface area contributed by atoms with Gasteiger partial charge in [0.15, 0.2) is 6.61 Å². The van der Waals surface area contributed by atoms with Gasteiger partial charge in [0.25, 0.3) is 5.91 Å². The van der Waals surface area contributed by atoms with E-state index in [1.807, 2.05) is 38.1 Å². The van der Waals surface area contributed by atoms with Crippen LogP contribution in [0.1, 0.15) is 36.8 Å². The van der Waals surface area contributed by atoms with E-state index in [-0.39, 0.29) is 24.4 Å². The summed E-state index contributed by atoms with van der Waals surface area (Å²) in [6.07, 6.45) is 1.78. The van der Waals surface area contributed by atoms with Crippen LogP contribution >= 0.6 is 0 Å². The zero-order chi connectivity index (χ0) is 24.7. The predicted octanol–water partition coefficient (Wildman–Crippen LogP) is 3.34. The smallest absolute Gasteiger partial charge is 0.324 e. The van der Waals surface area contributed by atoms with Gasteiger partial charge in [-0.25, -0.2) is 8.42 Å². The second kappa shape index (κ2) is 11.3. The standard InChI is InChI=1S/C25H29N3O5S/c1-19-15-20(2)17-21(16-19)27(13-8-12-26)24(29)18-33-25(30)23-11-6-7-14-28(23)34(31,32)22-9-4-3-5-10-22/h3-5,9-10,15-17,23H,6-8,11,13-14,18H2,1-2H3. The number of sulfonamides is 1. The van der Waals surface area contributed by atoms with E-state index in [1.54, 1.807) is 18.2 Å². The molecule has 1 aliphatic rings. The molecule has 0 bridgehead atoms. The zero-order valence-electron chi connectivity index (χ0n) is 19.4. The molecule has 1 heterocycles. The highest BCUT2D eigenvalue weighted by Crippen LogP contribution is 2.26. The molecule has 8 nitrogen and oxygen atoms in total. The first-order valence-electron chi connectivity index (χ1n) is 11.2. The van der Waals surface area contributed by atoms with Crippen LogP contribution in [-0.2, 0) is 24.3 Å². The van der Waals surface area contributed by atoms with Crippen LogP contribution in [0.25, 0.3) is 0 Å². The first-order valence-corrected chi connectivity index (χ1v) is 12.7. The van der Waals surface area contributed by atoms with Crippen molar-refractivity contribution in [3.63, 3.8) is 0 Å². The number of rotatable bonds is 8. The van der Waals surface area contributed by atoms with Crippen LogP contribution in [0.15, 0.2) is 53.4 Å². The molecule has 1 fully saturated rings. The van der Waals surface area contributed by atoms with Gasteiger partial charge in [0.1, 0.15) is 6.04 Å². The highest BCUT2D eigenvalue weighted by atomic mass is 32.2. The Hall–Kier alpha value is -3.22. The van der Waals surface area contributed by atoms with Crippen LogP contribution in [0.2, 0.25) is 0 Å². The van der Waals surface area contributed by atoms with Crippen LogP contribution in [-0.4, -0.2) is 50.3 Å². The molecule has 180 valence electrons. The number of carbonyl (C=O) groups excluding carboxylic acids is 2. The fourth-order valence-corrected chi connectivity index (χ4v) is 5.80. The molecule has 0 radical (unpaired) electrons. The lowest BCUT2D eigenvalue weighted by atomic mass is 10.1. The molecule has 1 atom stereocenters. The highest BCUT2D eigenvalue weighted by molar-refractivity contribution is 7.89. The number of esters is 1. The minimum atomic E-state index is -3.87. The van der Waals surface area contributed by atoms with Crippen LogP contribution in [0.3, 0.4) is 0 Å². The lowest BCUT2D eigenvalue weighted by molar-refractivity contribution is -0.152. The number of benzene rings is 2. The molecule has 2 aromatic rings. The van der Waals surface area contributed by atoms with Crippen molar-refractivity contribution in [3.05, 3.63) is 59.7 Å². The zero-order valence-corrected chi connectivity index (χ0v) is 20.3. The Balaban J connectivity index is 1.74. The molecular weight excluding hydrogens is 454 g/mol. The van der Waals surface area contributed by atoms with Crippen molar-refractivity contribution in [1.29, 1.82) is 5.26 Å². The summed E-state index contributed by atoms with van der Waals surface area (Å²) in [5, 5.41) is 9.00. The lowest BCUT2D eigenvalue weighted by Gasteiger charge is -2.33. The van der Waals surface area contributed by atoms with Gasteiger partial charge in [-0.2, -0.15) is 9.57 Å². The summed E-state index contributed by atoms with van der Waals surface area (Å²) in [6.45, 7) is 3.66. The topological polar surface area (TPSA) is 108 Å². The monoisotopic (exact) mass is 483 g/mol. The normalized spacial score (nSPS) is 16.4. The van der Waals surface area contributed by atoms with E-state index in [0.717, 1.165) is 11.1 Å². The number of nitrogens with zero attached hydrogens (tertiary/aromatic N) is 3. The molecule has 9 heteroatoms. The predicted molar refractivity (Wildman–Crippen MR) is 127 cm³/mol. The first-order chi connectivity index (χ1) is 16.2. The van der Waals surface area contributed by atoms with Gasteiger partial charge in [-0.05, 0) is 68.5 Å². The van der Waals surface area contributed by atoms with Crippen LogP contribution < -0.4 is 4.90 Å². The molecule has 1 saturated heterocycles. The number of aryl methyl sites for hydroxylation is 2. The Morgan fingerprint density at radius 2 is 1.79 bits per heavy atom. The van der Waals surface area contributed by atoms with Gasteiger partial charge < -0.3 is 9.64 Å². The molecule has 1 aliphatic heterocycles. The summed E-state index contributed by atoms with van der Waals surface area (Å²) in [6, 6.07) is 14.7. The molecule has 3 rings (SSSR count). The molecule has 0 saturated carbocycles. The summed E-state index contributed by atoms with van der Waals surface area (Å²) in [5.41, 5.74) is 2.55. The highest BCUT2D eigenvalue weighted by Gasteiger charge is 2.38. The number of anilines is 1. The number of amides is 1. The van der Waals surface area contributed by atoms with Crippen molar-refractivity contribution in [1.82, 2.24) is 4.31 Å². The minimum absolute atomic E-state index is 0.114. The molecular formula is C25H29N3O5S. The fourth-order valence-electron chi connectivity index (χ4n) is 4.13. The van der Waals surface area contributed by atoms with Crippen LogP contribution in [0.4, 0.5) is 5.69 Å². The van der Waals surface area contributed by atoms with E-state index in [0.29, 0.717) is 24.9 Å². The van der Waals surface area contributed by atoms with Gasteiger partial charge in [-0.3, -0.25) is 9.59 Å². The number of hydrogen-bond acceptors (Lipinski definition) is 6. The molecule has 1 amide bonds. The Morgan fingerprint density at radius 1 is 1.12 bits per heavy atom. The largest absolute Gasteiger partial charge is 0.454 e. The molecule has 0 spiro atoms. The summed E-state index contributed by atoms with van der Waals surface area (Å²) >= 11 is 0. The third-order valence-electron chi connectivity index (χ3n) is 5.68. The van der Waals surface area contributed by atoms with E-state index in [1.165, 1.54) is 21.3 Å².